The molecule has 0 aromatic heterocycles. The third kappa shape index (κ3) is 5.86. The van der Waals surface area contributed by atoms with Crippen molar-refractivity contribution in [2.24, 2.45) is 11.0 Å². The maximum absolute atomic E-state index is 12.6. The number of hydrogen-bond acceptors (Lipinski definition) is 6. The molecule has 2 rings (SSSR count). The number of carbonyl (C=O) groups excluding carboxylic acids is 2. The molecule has 0 aliphatic carbocycles. The molecule has 0 spiro atoms. The van der Waals surface area contributed by atoms with E-state index in [1.54, 1.807) is 30.3 Å². The molecule has 0 fully saturated rings. The Morgan fingerprint density at radius 3 is 2.55 bits per heavy atom. The van der Waals surface area contributed by atoms with Gasteiger partial charge in [0.15, 0.2) is 0 Å². The van der Waals surface area contributed by atoms with Gasteiger partial charge in [0.2, 0.25) is 0 Å². The summed E-state index contributed by atoms with van der Waals surface area (Å²) in [6.07, 6.45) is 1.75. The van der Waals surface area contributed by atoms with E-state index in [0.29, 0.717) is 12.0 Å². The predicted octanol–water partition coefficient (Wildman–Crippen LogP) is 2.60. The second kappa shape index (κ2) is 9.98. The Kier molecular flexibility index (Phi) is 7.41. The summed E-state index contributed by atoms with van der Waals surface area (Å²) in [5, 5.41) is 27.1. The number of benzene rings is 2. The van der Waals surface area contributed by atoms with Crippen molar-refractivity contribution in [2.45, 2.75) is 26.3 Å². The van der Waals surface area contributed by atoms with Crippen LogP contribution in [0.4, 0.5) is 5.69 Å². The molecule has 0 saturated carbocycles. The van der Waals surface area contributed by atoms with Crippen molar-refractivity contribution in [3.63, 3.8) is 0 Å². The monoisotopic (exact) mass is 398 g/mol. The van der Waals surface area contributed by atoms with Crippen molar-refractivity contribution in [1.82, 2.24) is 10.7 Å². The Bertz CT molecular complexity index is 914. The number of rotatable bonds is 8. The Morgan fingerprint density at radius 1 is 1.24 bits per heavy atom. The lowest BCUT2D eigenvalue weighted by Crippen LogP contribution is -2.49. The molecule has 2 aromatic carbocycles. The third-order valence-electron chi connectivity index (χ3n) is 4.42. The minimum absolute atomic E-state index is 0.0768. The Morgan fingerprint density at radius 2 is 1.93 bits per heavy atom. The number of amides is 2. The van der Waals surface area contributed by atoms with Gasteiger partial charge >= 0.3 is 0 Å². The molecule has 152 valence electrons. The van der Waals surface area contributed by atoms with E-state index in [2.05, 4.69) is 15.8 Å². The molecule has 0 saturated heterocycles. The second-order valence-electron chi connectivity index (χ2n) is 6.44. The van der Waals surface area contributed by atoms with E-state index in [0.717, 1.165) is 18.3 Å². The average molecular weight is 398 g/mol. The SMILES string of the molecule is CC[C@H](C)[C@H](NC(=O)c1ccccc1)C(=O)N/N=C\c1cc([N+](=O)[O-])ccc1O. The van der Waals surface area contributed by atoms with Gasteiger partial charge in [-0.25, -0.2) is 5.43 Å². The molecular formula is C20H22N4O5. The first kappa shape index (κ1) is 21.5. The lowest BCUT2D eigenvalue weighted by molar-refractivity contribution is -0.384. The van der Waals surface area contributed by atoms with Crippen molar-refractivity contribution >= 4 is 23.7 Å². The first-order valence-corrected chi connectivity index (χ1v) is 8.99. The molecule has 9 heteroatoms. The predicted molar refractivity (Wildman–Crippen MR) is 108 cm³/mol. The molecular weight excluding hydrogens is 376 g/mol. The van der Waals surface area contributed by atoms with Crippen LogP contribution in [0.3, 0.4) is 0 Å². The van der Waals surface area contributed by atoms with Gasteiger partial charge in [0.05, 0.1) is 11.1 Å². The second-order valence-corrected chi connectivity index (χ2v) is 6.44. The standard InChI is InChI=1S/C20H22N4O5/c1-3-13(2)18(22-19(26)14-7-5-4-6-8-14)20(27)23-21-12-15-11-16(24(28)29)9-10-17(15)25/h4-13,18,25H,3H2,1-2H3,(H,22,26)(H,23,27)/b21-12-/t13-,18-/m0/s1. The summed E-state index contributed by atoms with van der Waals surface area (Å²) in [5.74, 6) is -1.30. The van der Waals surface area contributed by atoms with Crippen LogP contribution in [0.1, 0.15) is 36.2 Å². The van der Waals surface area contributed by atoms with Crippen LogP contribution >= 0.6 is 0 Å². The fourth-order valence-electron chi connectivity index (χ4n) is 2.51. The van der Waals surface area contributed by atoms with Crippen molar-refractivity contribution in [3.05, 3.63) is 69.8 Å². The lowest BCUT2D eigenvalue weighted by atomic mass is 9.98. The van der Waals surface area contributed by atoms with Gasteiger partial charge in [-0.15, -0.1) is 0 Å². The normalized spacial score (nSPS) is 12.9. The topological polar surface area (TPSA) is 134 Å². The van der Waals surface area contributed by atoms with Crippen LogP contribution in [-0.4, -0.2) is 34.1 Å². The summed E-state index contributed by atoms with van der Waals surface area (Å²) < 4.78 is 0. The molecule has 2 atom stereocenters. The van der Waals surface area contributed by atoms with Crippen LogP contribution in [0.15, 0.2) is 53.6 Å². The van der Waals surface area contributed by atoms with Crippen LogP contribution in [0.25, 0.3) is 0 Å². The fourth-order valence-corrected chi connectivity index (χ4v) is 2.51. The molecule has 0 bridgehead atoms. The molecule has 2 aromatic rings. The van der Waals surface area contributed by atoms with Gasteiger partial charge in [-0.1, -0.05) is 38.5 Å². The highest BCUT2D eigenvalue weighted by Gasteiger charge is 2.26. The summed E-state index contributed by atoms with van der Waals surface area (Å²) >= 11 is 0. The molecule has 0 unspecified atom stereocenters. The highest BCUT2D eigenvalue weighted by molar-refractivity contribution is 5.97. The first-order valence-electron chi connectivity index (χ1n) is 8.99. The van der Waals surface area contributed by atoms with E-state index in [4.69, 9.17) is 0 Å². The van der Waals surface area contributed by atoms with Gasteiger partial charge in [-0.3, -0.25) is 19.7 Å². The summed E-state index contributed by atoms with van der Waals surface area (Å²) in [5.41, 5.74) is 2.60. The average Bonchev–Trinajstić information content (AvgIpc) is 2.72. The quantitative estimate of drug-likeness (QED) is 0.357. The van der Waals surface area contributed by atoms with Crippen molar-refractivity contribution in [3.8, 4) is 5.75 Å². The summed E-state index contributed by atoms with van der Waals surface area (Å²) in [6.45, 7) is 3.72. The molecule has 0 radical (unpaired) electrons. The van der Waals surface area contributed by atoms with Gasteiger partial charge < -0.3 is 10.4 Å². The first-order chi connectivity index (χ1) is 13.8. The van der Waals surface area contributed by atoms with Crippen LogP contribution in [0.2, 0.25) is 0 Å². The molecule has 29 heavy (non-hydrogen) atoms. The number of carbonyl (C=O) groups is 2. The number of hydrogen-bond donors (Lipinski definition) is 3. The zero-order chi connectivity index (χ0) is 21.4. The summed E-state index contributed by atoms with van der Waals surface area (Å²) in [6, 6.07) is 11.2. The highest BCUT2D eigenvalue weighted by atomic mass is 16.6. The van der Waals surface area contributed by atoms with Crippen LogP contribution in [-0.2, 0) is 4.79 Å². The number of hydrazone groups is 1. The maximum Gasteiger partial charge on any atom is 0.270 e. The Hall–Kier alpha value is -3.75. The minimum Gasteiger partial charge on any atom is -0.507 e. The zero-order valence-corrected chi connectivity index (χ0v) is 16.0. The molecule has 3 N–H and O–H groups in total. The molecule has 2 amide bonds. The van der Waals surface area contributed by atoms with E-state index in [1.807, 2.05) is 13.8 Å². The van der Waals surface area contributed by atoms with E-state index >= 15 is 0 Å². The number of non-ortho nitro benzene ring substituents is 1. The Balaban J connectivity index is 2.10. The number of nitro benzene ring substituents is 1. The third-order valence-corrected chi connectivity index (χ3v) is 4.42. The number of nitrogens with one attached hydrogen (secondary N) is 2. The van der Waals surface area contributed by atoms with Gasteiger partial charge in [0.1, 0.15) is 11.8 Å². The van der Waals surface area contributed by atoms with Gasteiger partial charge in [-0.2, -0.15) is 5.10 Å². The maximum atomic E-state index is 12.6. The zero-order valence-electron chi connectivity index (χ0n) is 16.0. The number of aromatic hydroxyl groups is 1. The fraction of sp³-hybridized carbons (Fsp3) is 0.250. The summed E-state index contributed by atoms with van der Waals surface area (Å²) in [4.78, 5) is 35.2. The van der Waals surface area contributed by atoms with Crippen molar-refractivity contribution in [2.75, 3.05) is 0 Å². The molecule has 9 nitrogen and oxygen atoms in total. The van der Waals surface area contributed by atoms with E-state index in [1.165, 1.54) is 6.07 Å². The molecule has 0 aliphatic heterocycles. The number of phenols is 1. The lowest BCUT2D eigenvalue weighted by Gasteiger charge is -2.22. The van der Waals surface area contributed by atoms with Crippen molar-refractivity contribution in [1.29, 1.82) is 0 Å². The smallest absolute Gasteiger partial charge is 0.270 e. The highest BCUT2D eigenvalue weighted by Crippen LogP contribution is 2.21. The largest absolute Gasteiger partial charge is 0.507 e. The van der Waals surface area contributed by atoms with E-state index in [9.17, 15) is 24.8 Å². The van der Waals surface area contributed by atoms with Crippen LogP contribution in [0, 0.1) is 16.0 Å². The minimum atomic E-state index is -0.830. The number of nitrogens with zero attached hydrogens (tertiary/aromatic N) is 2. The Labute approximate surface area is 167 Å². The summed E-state index contributed by atoms with van der Waals surface area (Å²) in [7, 11) is 0. The van der Waals surface area contributed by atoms with Crippen molar-refractivity contribution < 1.29 is 19.6 Å². The van der Waals surface area contributed by atoms with Crippen LogP contribution in [0.5, 0.6) is 5.75 Å². The molecule has 0 aliphatic rings. The number of nitro groups is 1. The van der Waals surface area contributed by atoms with E-state index < -0.39 is 16.9 Å². The van der Waals surface area contributed by atoms with Crippen LogP contribution < -0.4 is 10.7 Å². The van der Waals surface area contributed by atoms with Gasteiger partial charge in [0.25, 0.3) is 17.5 Å². The number of phenolic OH excluding ortho intramolecular Hbond substituents is 1. The van der Waals surface area contributed by atoms with E-state index in [-0.39, 0.29) is 28.8 Å². The van der Waals surface area contributed by atoms with Gasteiger partial charge in [0, 0.05) is 23.3 Å². The van der Waals surface area contributed by atoms with Gasteiger partial charge in [-0.05, 0) is 24.1 Å². The molecule has 0 heterocycles.